The first-order valence-electron chi connectivity index (χ1n) is 10.6. The van der Waals surface area contributed by atoms with Crippen LogP contribution in [0.25, 0.3) is 17.1 Å². The zero-order valence-corrected chi connectivity index (χ0v) is 20.9. The Balaban J connectivity index is 1.55. The minimum atomic E-state index is -0.534. The SMILES string of the molecule is COc1ccc(-c2nnc(SCC(=O)NN=Cc3c(F)cccc3Cl)n2-c2ccccc2)cc1OC. The van der Waals surface area contributed by atoms with Gasteiger partial charge in [0.25, 0.3) is 5.91 Å². The lowest BCUT2D eigenvalue weighted by atomic mass is 10.2. The van der Waals surface area contributed by atoms with Crippen molar-refractivity contribution in [2.45, 2.75) is 5.16 Å². The summed E-state index contributed by atoms with van der Waals surface area (Å²) in [6.07, 6.45) is 1.17. The van der Waals surface area contributed by atoms with E-state index in [-0.39, 0.29) is 16.3 Å². The number of hydrogen-bond acceptors (Lipinski definition) is 7. The molecule has 0 spiro atoms. The predicted octanol–water partition coefficient (Wildman–Crippen LogP) is 4.99. The Kier molecular flexibility index (Phi) is 8.19. The van der Waals surface area contributed by atoms with Crippen molar-refractivity contribution in [1.82, 2.24) is 20.2 Å². The molecule has 0 radical (unpaired) electrons. The van der Waals surface area contributed by atoms with E-state index in [4.69, 9.17) is 21.1 Å². The van der Waals surface area contributed by atoms with E-state index < -0.39 is 11.7 Å². The monoisotopic (exact) mass is 525 g/mol. The Bertz CT molecular complexity index is 1380. The number of ether oxygens (including phenoxy) is 2. The van der Waals surface area contributed by atoms with Gasteiger partial charge in [0, 0.05) is 16.8 Å². The molecule has 0 aliphatic heterocycles. The number of para-hydroxylation sites is 1. The molecule has 0 aliphatic carbocycles. The van der Waals surface area contributed by atoms with Crippen molar-refractivity contribution in [3.05, 3.63) is 83.1 Å². The van der Waals surface area contributed by atoms with Crippen molar-refractivity contribution in [2.75, 3.05) is 20.0 Å². The van der Waals surface area contributed by atoms with E-state index in [9.17, 15) is 9.18 Å². The number of amides is 1. The summed E-state index contributed by atoms with van der Waals surface area (Å²) in [4.78, 5) is 12.4. The number of rotatable bonds is 9. The third-order valence-corrected chi connectivity index (χ3v) is 6.26. The molecule has 1 aromatic heterocycles. The van der Waals surface area contributed by atoms with Crippen molar-refractivity contribution in [2.24, 2.45) is 5.10 Å². The summed E-state index contributed by atoms with van der Waals surface area (Å²) in [6.45, 7) is 0. The van der Waals surface area contributed by atoms with Crippen molar-refractivity contribution < 1.29 is 18.7 Å². The van der Waals surface area contributed by atoms with Gasteiger partial charge in [-0.3, -0.25) is 9.36 Å². The summed E-state index contributed by atoms with van der Waals surface area (Å²) in [7, 11) is 3.13. The van der Waals surface area contributed by atoms with E-state index in [0.29, 0.717) is 22.5 Å². The molecule has 36 heavy (non-hydrogen) atoms. The molecule has 8 nitrogen and oxygen atoms in total. The number of nitrogens with one attached hydrogen (secondary N) is 1. The van der Waals surface area contributed by atoms with Gasteiger partial charge < -0.3 is 9.47 Å². The van der Waals surface area contributed by atoms with E-state index in [0.717, 1.165) is 11.3 Å². The molecule has 11 heteroatoms. The highest BCUT2D eigenvalue weighted by molar-refractivity contribution is 7.99. The van der Waals surface area contributed by atoms with Gasteiger partial charge in [-0.1, -0.05) is 47.6 Å². The average Bonchev–Trinajstić information content (AvgIpc) is 3.33. The summed E-state index contributed by atoms with van der Waals surface area (Å²) in [5.41, 5.74) is 4.05. The zero-order chi connectivity index (χ0) is 25.5. The van der Waals surface area contributed by atoms with E-state index >= 15 is 0 Å². The van der Waals surface area contributed by atoms with Crippen LogP contribution in [0.15, 0.2) is 77.0 Å². The molecule has 1 amide bonds. The molecule has 3 aromatic carbocycles. The molecule has 0 bridgehead atoms. The van der Waals surface area contributed by atoms with Crippen LogP contribution >= 0.6 is 23.4 Å². The number of thioether (sulfide) groups is 1. The lowest BCUT2D eigenvalue weighted by Gasteiger charge is -2.12. The highest BCUT2D eigenvalue weighted by atomic mass is 35.5. The normalized spacial score (nSPS) is 11.0. The number of methoxy groups -OCH3 is 2. The fraction of sp³-hybridized carbons (Fsp3) is 0.120. The molecule has 4 rings (SSSR count). The molecule has 4 aromatic rings. The first kappa shape index (κ1) is 25.2. The van der Waals surface area contributed by atoms with Gasteiger partial charge in [0.05, 0.1) is 31.2 Å². The summed E-state index contributed by atoms with van der Waals surface area (Å²) in [5, 5.41) is 13.2. The summed E-state index contributed by atoms with van der Waals surface area (Å²) < 4.78 is 26.5. The third-order valence-electron chi connectivity index (χ3n) is 5.00. The van der Waals surface area contributed by atoms with Gasteiger partial charge in [-0.15, -0.1) is 10.2 Å². The highest BCUT2D eigenvalue weighted by Crippen LogP contribution is 2.34. The van der Waals surface area contributed by atoms with Gasteiger partial charge in [0.1, 0.15) is 5.82 Å². The Morgan fingerprint density at radius 3 is 2.58 bits per heavy atom. The van der Waals surface area contributed by atoms with Gasteiger partial charge in [0.15, 0.2) is 22.5 Å². The predicted molar refractivity (Wildman–Crippen MR) is 138 cm³/mol. The lowest BCUT2D eigenvalue weighted by molar-refractivity contribution is -0.118. The van der Waals surface area contributed by atoms with Gasteiger partial charge in [0.2, 0.25) is 0 Å². The Morgan fingerprint density at radius 1 is 1.08 bits per heavy atom. The first-order valence-corrected chi connectivity index (χ1v) is 12.0. The molecule has 0 aliphatic rings. The van der Waals surface area contributed by atoms with Gasteiger partial charge >= 0.3 is 0 Å². The minimum Gasteiger partial charge on any atom is -0.493 e. The second kappa shape index (κ2) is 11.7. The number of halogens is 2. The number of hydrogen-bond donors (Lipinski definition) is 1. The average molecular weight is 526 g/mol. The lowest BCUT2D eigenvalue weighted by Crippen LogP contribution is -2.20. The molecular weight excluding hydrogens is 505 g/mol. The van der Waals surface area contributed by atoms with E-state index in [1.807, 2.05) is 47.0 Å². The molecule has 0 fully saturated rings. The molecule has 184 valence electrons. The first-order chi connectivity index (χ1) is 17.5. The van der Waals surface area contributed by atoms with Crippen LogP contribution in [0.4, 0.5) is 4.39 Å². The third kappa shape index (κ3) is 5.67. The molecule has 1 heterocycles. The second-order valence-electron chi connectivity index (χ2n) is 7.26. The van der Waals surface area contributed by atoms with Crippen LogP contribution in [0.3, 0.4) is 0 Å². The van der Waals surface area contributed by atoms with Crippen LogP contribution in [-0.2, 0) is 4.79 Å². The fourth-order valence-corrected chi connectivity index (χ4v) is 4.26. The van der Waals surface area contributed by atoms with Crippen LogP contribution < -0.4 is 14.9 Å². The minimum absolute atomic E-state index is 0.000749. The zero-order valence-electron chi connectivity index (χ0n) is 19.3. The molecule has 0 atom stereocenters. The maximum absolute atomic E-state index is 13.9. The number of benzene rings is 3. The van der Waals surface area contributed by atoms with Crippen LogP contribution in [0.1, 0.15) is 5.56 Å². The highest BCUT2D eigenvalue weighted by Gasteiger charge is 2.18. The maximum atomic E-state index is 13.9. The number of carbonyl (C=O) groups excluding carboxylic acids is 1. The van der Waals surface area contributed by atoms with E-state index in [2.05, 4.69) is 20.7 Å². The summed E-state index contributed by atoms with van der Waals surface area (Å²) in [5.74, 6) is 0.776. The fourth-order valence-electron chi connectivity index (χ4n) is 3.30. The Labute approximate surface area is 216 Å². The number of aromatic nitrogens is 3. The molecule has 1 N–H and O–H groups in total. The number of carbonyl (C=O) groups is 1. The van der Waals surface area contributed by atoms with Crippen molar-refractivity contribution in [1.29, 1.82) is 0 Å². The van der Waals surface area contributed by atoms with Crippen LogP contribution in [-0.4, -0.2) is 46.9 Å². The maximum Gasteiger partial charge on any atom is 0.250 e. The largest absolute Gasteiger partial charge is 0.493 e. The number of nitrogens with zero attached hydrogens (tertiary/aromatic N) is 4. The molecular formula is C25H21ClFN5O3S. The van der Waals surface area contributed by atoms with Crippen molar-refractivity contribution in [3.8, 4) is 28.6 Å². The van der Waals surface area contributed by atoms with Crippen molar-refractivity contribution in [3.63, 3.8) is 0 Å². The number of hydrazone groups is 1. The summed E-state index contributed by atoms with van der Waals surface area (Å²) >= 11 is 7.15. The molecule has 0 saturated heterocycles. The smallest absolute Gasteiger partial charge is 0.250 e. The van der Waals surface area contributed by atoms with Crippen molar-refractivity contribution >= 4 is 35.5 Å². The second-order valence-corrected chi connectivity index (χ2v) is 8.61. The van der Waals surface area contributed by atoms with E-state index in [1.165, 1.54) is 36.2 Å². The quantitative estimate of drug-likeness (QED) is 0.188. The van der Waals surface area contributed by atoms with Gasteiger partial charge in [-0.25, -0.2) is 9.82 Å². The van der Waals surface area contributed by atoms with Gasteiger partial charge in [-0.05, 0) is 42.5 Å². The standard InChI is InChI=1S/C25H21ClFN5O3S/c1-34-21-12-11-16(13-22(21)35-2)24-30-31-25(32(24)17-7-4-3-5-8-17)36-15-23(33)29-28-14-18-19(26)9-6-10-20(18)27/h3-14H,15H2,1-2H3,(H,29,33). The van der Waals surface area contributed by atoms with Crippen LogP contribution in [0, 0.1) is 5.82 Å². The molecule has 0 unspecified atom stereocenters. The van der Waals surface area contributed by atoms with E-state index in [1.54, 1.807) is 20.3 Å². The Hall–Kier alpha value is -3.89. The Morgan fingerprint density at radius 2 is 1.86 bits per heavy atom. The molecule has 0 saturated carbocycles. The van der Waals surface area contributed by atoms with Crippen LogP contribution in [0.2, 0.25) is 5.02 Å². The van der Waals surface area contributed by atoms with Gasteiger partial charge in [-0.2, -0.15) is 5.10 Å². The summed E-state index contributed by atoms with van der Waals surface area (Å²) in [6, 6.07) is 19.3. The topological polar surface area (TPSA) is 90.6 Å². The van der Waals surface area contributed by atoms with Crippen LogP contribution in [0.5, 0.6) is 11.5 Å².